The summed E-state index contributed by atoms with van der Waals surface area (Å²) in [4.78, 5) is 10.2. The number of carboxylic acid groups (broad SMARTS) is 1. The molecular formula is C12H14O5. The number of rotatable bonds is 5. The fourth-order valence-corrected chi connectivity index (χ4v) is 1.77. The zero-order valence-corrected chi connectivity index (χ0v) is 9.26. The smallest absolute Gasteiger partial charge is 0.329 e. The molecule has 0 saturated carbocycles. The van der Waals surface area contributed by atoms with Crippen molar-refractivity contribution in [3.63, 3.8) is 0 Å². The number of carboxylic acids is 1. The van der Waals surface area contributed by atoms with E-state index < -0.39 is 18.7 Å². The maximum absolute atomic E-state index is 10.2. The first-order chi connectivity index (χ1) is 8.16. The van der Waals surface area contributed by atoms with Crippen molar-refractivity contribution < 1.29 is 24.5 Å². The lowest BCUT2D eigenvalue weighted by Crippen LogP contribution is -2.13. The van der Waals surface area contributed by atoms with E-state index in [-0.39, 0.29) is 6.61 Å². The topological polar surface area (TPSA) is 76.0 Å². The molecule has 5 nitrogen and oxygen atoms in total. The zero-order valence-electron chi connectivity index (χ0n) is 9.26. The number of benzene rings is 1. The molecule has 1 aliphatic rings. The standard InChI is InChI=1S/C12H14O5/c13-10(6-16-7-12(14)15)8-1-2-11-9(5-8)3-4-17-11/h1-2,5,10,13H,3-4,6-7H2,(H,14,15). The first kappa shape index (κ1) is 11.9. The quantitative estimate of drug-likeness (QED) is 0.791. The van der Waals surface area contributed by atoms with Crippen LogP contribution in [0.1, 0.15) is 17.2 Å². The Morgan fingerprint density at radius 2 is 2.35 bits per heavy atom. The number of aliphatic hydroxyl groups excluding tert-OH is 1. The fourth-order valence-electron chi connectivity index (χ4n) is 1.77. The summed E-state index contributed by atoms with van der Waals surface area (Å²) in [6.45, 7) is 0.251. The average molecular weight is 238 g/mol. The lowest BCUT2D eigenvalue weighted by molar-refractivity contribution is -0.143. The minimum atomic E-state index is -1.04. The third-order valence-electron chi connectivity index (χ3n) is 2.60. The van der Waals surface area contributed by atoms with Crippen LogP contribution in [0.5, 0.6) is 5.75 Å². The van der Waals surface area contributed by atoms with Crippen molar-refractivity contribution in [2.75, 3.05) is 19.8 Å². The highest BCUT2D eigenvalue weighted by molar-refractivity contribution is 5.67. The van der Waals surface area contributed by atoms with E-state index in [1.54, 1.807) is 6.07 Å². The molecular weight excluding hydrogens is 224 g/mol. The van der Waals surface area contributed by atoms with Crippen LogP contribution in [0, 0.1) is 0 Å². The predicted octanol–water partition coefficient (Wildman–Crippen LogP) is 0.756. The molecule has 1 aliphatic heterocycles. The van der Waals surface area contributed by atoms with Crippen LogP contribution in [0.3, 0.4) is 0 Å². The third-order valence-corrected chi connectivity index (χ3v) is 2.60. The molecule has 2 rings (SSSR count). The van der Waals surface area contributed by atoms with Gasteiger partial charge in [0.25, 0.3) is 0 Å². The molecule has 2 N–H and O–H groups in total. The first-order valence-corrected chi connectivity index (χ1v) is 5.40. The van der Waals surface area contributed by atoms with Gasteiger partial charge in [-0.15, -0.1) is 0 Å². The van der Waals surface area contributed by atoms with Crippen LogP contribution in [-0.4, -0.2) is 36.0 Å². The van der Waals surface area contributed by atoms with E-state index in [0.717, 1.165) is 23.3 Å². The monoisotopic (exact) mass is 238 g/mol. The van der Waals surface area contributed by atoms with Crippen molar-refractivity contribution in [1.82, 2.24) is 0 Å². The Morgan fingerprint density at radius 3 is 3.12 bits per heavy atom. The summed E-state index contributed by atoms with van der Waals surface area (Å²) >= 11 is 0. The van der Waals surface area contributed by atoms with Crippen molar-refractivity contribution in [1.29, 1.82) is 0 Å². The average Bonchev–Trinajstić information content (AvgIpc) is 2.75. The Labute approximate surface area is 98.6 Å². The molecule has 0 fully saturated rings. The van der Waals surface area contributed by atoms with Crippen LogP contribution in [0.15, 0.2) is 18.2 Å². The normalized spacial score (nSPS) is 15.1. The molecule has 0 amide bonds. The molecule has 0 radical (unpaired) electrons. The molecule has 0 saturated heterocycles. The summed E-state index contributed by atoms with van der Waals surface area (Å²) in [5.41, 5.74) is 1.79. The highest BCUT2D eigenvalue weighted by Gasteiger charge is 2.15. The minimum Gasteiger partial charge on any atom is -0.493 e. The first-order valence-electron chi connectivity index (χ1n) is 5.40. The summed E-state index contributed by atoms with van der Waals surface area (Å²) < 4.78 is 10.2. The minimum absolute atomic E-state index is 0.0219. The van der Waals surface area contributed by atoms with Gasteiger partial charge in [-0.05, 0) is 23.3 Å². The summed E-state index contributed by atoms with van der Waals surface area (Å²) in [7, 11) is 0. The number of fused-ring (bicyclic) bond motifs is 1. The fraction of sp³-hybridized carbons (Fsp3) is 0.417. The molecule has 0 spiro atoms. The van der Waals surface area contributed by atoms with Crippen LogP contribution in [0.4, 0.5) is 0 Å². The number of ether oxygens (including phenoxy) is 2. The molecule has 1 aromatic rings. The maximum Gasteiger partial charge on any atom is 0.329 e. The van der Waals surface area contributed by atoms with E-state index in [2.05, 4.69) is 0 Å². The van der Waals surface area contributed by atoms with E-state index >= 15 is 0 Å². The molecule has 1 atom stereocenters. The summed E-state index contributed by atoms with van der Waals surface area (Å²) in [6, 6.07) is 5.45. The van der Waals surface area contributed by atoms with E-state index in [0.29, 0.717) is 6.61 Å². The van der Waals surface area contributed by atoms with Crippen LogP contribution >= 0.6 is 0 Å². The van der Waals surface area contributed by atoms with E-state index in [1.807, 2.05) is 12.1 Å². The molecule has 1 aromatic carbocycles. The van der Waals surface area contributed by atoms with Gasteiger partial charge >= 0.3 is 5.97 Å². The van der Waals surface area contributed by atoms with Crippen molar-refractivity contribution >= 4 is 5.97 Å². The largest absolute Gasteiger partial charge is 0.493 e. The van der Waals surface area contributed by atoms with E-state index in [1.165, 1.54) is 0 Å². The summed E-state index contributed by atoms with van der Waals surface area (Å²) in [5, 5.41) is 18.2. The lowest BCUT2D eigenvalue weighted by atomic mass is 10.0. The van der Waals surface area contributed by atoms with Crippen molar-refractivity contribution in [2.24, 2.45) is 0 Å². The Bertz CT molecular complexity index is 415. The van der Waals surface area contributed by atoms with Crippen LogP contribution in [-0.2, 0) is 16.0 Å². The highest BCUT2D eigenvalue weighted by Crippen LogP contribution is 2.28. The lowest BCUT2D eigenvalue weighted by Gasteiger charge is -2.11. The number of hydrogen-bond donors (Lipinski definition) is 2. The molecule has 17 heavy (non-hydrogen) atoms. The van der Waals surface area contributed by atoms with Gasteiger partial charge in [0.2, 0.25) is 0 Å². The molecule has 0 aromatic heterocycles. The molecule has 1 heterocycles. The molecule has 92 valence electrons. The van der Waals surface area contributed by atoms with E-state index in [9.17, 15) is 9.90 Å². The van der Waals surface area contributed by atoms with Gasteiger partial charge in [0.15, 0.2) is 0 Å². The summed E-state index contributed by atoms with van der Waals surface area (Å²) in [6.07, 6.45) is 0.0338. The summed E-state index contributed by atoms with van der Waals surface area (Å²) in [5.74, 6) is -0.188. The van der Waals surface area contributed by atoms with Crippen LogP contribution < -0.4 is 4.74 Å². The van der Waals surface area contributed by atoms with Gasteiger partial charge in [0, 0.05) is 6.42 Å². The number of aliphatic hydroxyl groups is 1. The van der Waals surface area contributed by atoms with Crippen LogP contribution in [0.2, 0.25) is 0 Å². The van der Waals surface area contributed by atoms with Crippen molar-refractivity contribution in [2.45, 2.75) is 12.5 Å². The van der Waals surface area contributed by atoms with Gasteiger partial charge in [-0.25, -0.2) is 4.79 Å². The van der Waals surface area contributed by atoms with Gasteiger partial charge in [-0.1, -0.05) is 6.07 Å². The molecule has 0 bridgehead atoms. The number of hydrogen-bond acceptors (Lipinski definition) is 4. The second kappa shape index (κ2) is 5.16. The second-order valence-electron chi connectivity index (χ2n) is 3.89. The SMILES string of the molecule is O=C(O)COCC(O)c1ccc2c(c1)CCO2. The molecule has 1 unspecified atom stereocenters. The van der Waals surface area contributed by atoms with Crippen molar-refractivity contribution in [3.8, 4) is 5.75 Å². The Morgan fingerprint density at radius 1 is 1.53 bits per heavy atom. The van der Waals surface area contributed by atoms with Gasteiger partial charge in [-0.3, -0.25) is 0 Å². The molecule has 0 aliphatic carbocycles. The van der Waals surface area contributed by atoms with Gasteiger partial charge in [-0.2, -0.15) is 0 Å². The maximum atomic E-state index is 10.2. The number of aliphatic carboxylic acids is 1. The zero-order chi connectivity index (χ0) is 12.3. The number of carbonyl (C=O) groups is 1. The molecule has 5 heteroatoms. The highest BCUT2D eigenvalue weighted by atomic mass is 16.5. The van der Waals surface area contributed by atoms with Gasteiger partial charge in [0.1, 0.15) is 18.5 Å². The Balaban J connectivity index is 1.95. The Kier molecular flexibility index (Phi) is 3.61. The van der Waals surface area contributed by atoms with E-state index in [4.69, 9.17) is 14.6 Å². The second-order valence-corrected chi connectivity index (χ2v) is 3.89. The third kappa shape index (κ3) is 2.95. The van der Waals surface area contributed by atoms with Crippen molar-refractivity contribution in [3.05, 3.63) is 29.3 Å². The van der Waals surface area contributed by atoms with Gasteiger partial charge < -0.3 is 19.7 Å². The Hall–Kier alpha value is -1.59. The predicted molar refractivity (Wildman–Crippen MR) is 59.1 cm³/mol. The van der Waals surface area contributed by atoms with Gasteiger partial charge in [0.05, 0.1) is 13.2 Å². The van der Waals surface area contributed by atoms with Crippen LogP contribution in [0.25, 0.3) is 0 Å².